The van der Waals surface area contributed by atoms with Crippen molar-refractivity contribution < 1.29 is 5.11 Å². The van der Waals surface area contributed by atoms with Crippen LogP contribution in [0.5, 0.6) is 0 Å². The third-order valence-electron chi connectivity index (χ3n) is 2.46. The minimum atomic E-state index is 0.177. The standard InChI is InChI=1S/C11H13NO/c1-2-8-4-3-5-11-10(8)6-9(7-13)12-11/h2-5,9,12-13H,1,6-7H2/t9-/m0/s1. The van der Waals surface area contributed by atoms with Crippen molar-refractivity contribution in [1.82, 2.24) is 0 Å². The Morgan fingerprint density at radius 1 is 1.62 bits per heavy atom. The number of hydrogen-bond acceptors (Lipinski definition) is 2. The smallest absolute Gasteiger partial charge is 0.0636 e. The van der Waals surface area contributed by atoms with Gasteiger partial charge in [0, 0.05) is 5.69 Å². The van der Waals surface area contributed by atoms with E-state index in [9.17, 15) is 0 Å². The van der Waals surface area contributed by atoms with Crippen LogP contribution in [0.1, 0.15) is 11.1 Å². The van der Waals surface area contributed by atoms with Gasteiger partial charge in [0.15, 0.2) is 0 Å². The first kappa shape index (κ1) is 8.32. The Morgan fingerprint density at radius 3 is 3.15 bits per heavy atom. The van der Waals surface area contributed by atoms with Crippen molar-refractivity contribution in [3.63, 3.8) is 0 Å². The summed E-state index contributed by atoms with van der Waals surface area (Å²) in [4.78, 5) is 0. The van der Waals surface area contributed by atoms with Gasteiger partial charge in [-0.15, -0.1) is 0 Å². The number of anilines is 1. The largest absolute Gasteiger partial charge is 0.394 e. The Hall–Kier alpha value is -1.28. The zero-order valence-electron chi connectivity index (χ0n) is 7.46. The fourth-order valence-corrected chi connectivity index (χ4v) is 1.79. The molecule has 1 aromatic carbocycles. The molecule has 2 rings (SSSR count). The topological polar surface area (TPSA) is 32.3 Å². The lowest BCUT2D eigenvalue weighted by Crippen LogP contribution is -2.19. The molecule has 1 aliphatic heterocycles. The number of nitrogens with one attached hydrogen (secondary N) is 1. The van der Waals surface area contributed by atoms with E-state index >= 15 is 0 Å². The summed E-state index contributed by atoms with van der Waals surface area (Å²) in [6, 6.07) is 6.27. The molecule has 0 radical (unpaired) electrons. The van der Waals surface area contributed by atoms with E-state index in [1.165, 1.54) is 11.1 Å². The Balaban J connectivity index is 2.39. The molecule has 2 nitrogen and oxygen atoms in total. The van der Waals surface area contributed by atoms with E-state index in [2.05, 4.69) is 11.9 Å². The number of benzene rings is 1. The highest BCUT2D eigenvalue weighted by atomic mass is 16.3. The number of aliphatic hydroxyl groups is 1. The second-order valence-corrected chi connectivity index (χ2v) is 3.31. The molecule has 0 spiro atoms. The molecule has 1 atom stereocenters. The van der Waals surface area contributed by atoms with E-state index in [-0.39, 0.29) is 12.6 Å². The van der Waals surface area contributed by atoms with E-state index in [4.69, 9.17) is 5.11 Å². The van der Waals surface area contributed by atoms with E-state index in [1.54, 1.807) is 0 Å². The molecule has 0 aromatic heterocycles. The second kappa shape index (κ2) is 3.23. The molecule has 2 N–H and O–H groups in total. The van der Waals surface area contributed by atoms with Gasteiger partial charge in [0.25, 0.3) is 0 Å². The van der Waals surface area contributed by atoms with Gasteiger partial charge in [-0.3, -0.25) is 0 Å². The number of rotatable bonds is 2. The molecule has 0 amide bonds. The number of fused-ring (bicyclic) bond motifs is 1. The molecule has 0 unspecified atom stereocenters. The summed E-state index contributed by atoms with van der Waals surface area (Å²) in [5.41, 5.74) is 3.58. The Morgan fingerprint density at radius 2 is 2.46 bits per heavy atom. The lowest BCUT2D eigenvalue weighted by atomic mass is 10.0. The van der Waals surface area contributed by atoms with Gasteiger partial charge >= 0.3 is 0 Å². The predicted octanol–water partition coefficient (Wildman–Crippen LogP) is 1.66. The van der Waals surface area contributed by atoms with Gasteiger partial charge in [-0.2, -0.15) is 0 Å². The highest BCUT2D eigenvalue weighted by molar-refractivity contribution is 5.67. The molecule has 1 heterocycles. The molecule has 0 saturated carbocycles. The second-order valence-electron chi connectivity index (χ2n) is 3.31. The molecular formula is C11H13NO. The average Bonchev–Trinajstić information content (AvgIpc) is 2.59. The van der Waals surface area contributed by atoms with Gasteiger partial charge in [0.05, 0.1) is 12.6 Å². The van der Waals surface area contributed by atoms with Crippen LogP contribution >= 0.6 is 0 Å². The van der Waals surface area contributed by atoms with Crippen molar-refractivity contribution in [2.24, 2.45) is 0 Å². The summed E-state index contributed by atoms with van der Waals surface area (Å²) < 4.78 is 0. The van der Waals surface area contributed by atoms with Crippen molar-refractivity contribution in [3.8, 4) is 0 Å². The molecule has 1 aliphatic rings. The number of aliphatic hydroxyl groups excluding tert-OH is 1. The summed E-state index contributed by atoms with van der Waals surface area (Å²) in [5, 5.41) is 12.3. The lowest BCUT2D eigenvalue weighted by molar-refractivity contribution is 0.277. The predicted molar refractivity (Wildman–Crippen MR) is 54.7 cm³/mol. The minimum Gasteiger partial charge on any atom is -0.394 e. The molecule has 13 heavy (non-hydrogen) atoms. The van der Waals surface area contributed by atoms with Gasteiger partial charge < -0.3 is 10.4 Å². The van der Waals surface area contributed by atoms with E-state index in [1.807, 2.05) is 24.3 Å². The monoisotopic (exact) mass is 175 g/mol. The SMILES string of the molecule is C=Cc1cccc2c1C[C@@H](CO)N2. The van der Waals surface area contributed by atoms with Crippen LogP contribution in [0, 0.1) is 0 Å². The van der Waals surface area contributed by atoms with Crippen LogP contribution in [-0.4, -0.2) is 17.8 Å². The maximum Gasteiger partial charge on any atom is 0.0636 e. The fourth-order valence-electron chi connectivity index (χ4n) is 1.79. The molecule has 0 aliphatic carbocycles. The van der Waals surface area contributed by atoms with Crippen molar-refractivity contribution in [2.45, 2.75) is 12.5 Å². The molecule has 1 aromatic rings. The van der Waals surface area contributed by atoms with Crippen molar-refractivity contribution in [3.05, 3.63) is 35.9 Å². The average molecular weight is 175 g/mol. The third-order valence-corrected chi connectivity index (χ3v) is 2.46. The van der Waals surface area contributed by atoms with Crippen LogP contribution in [0.3, 0.4) is 0 Å². The summed E-state index contributed by atoms with van der Waals surface area (Å²) in [6.45, 7) is 3.95. The molecule has 0 bridgehead atoms. The van der Waals surface area contributed by atoms with Crippen molar-refractivity contribution >= 4 is 11.8 Å². The van der Waals surface area contributed by atoms with Crippen LogP contribution in [-0.2, 0) is 6.42 Å². The first-order valence-corrected chi connectivity index (χ1v) is 4.47. The third kappa shape index (κ3) is 1.33. The van der Waals surface area contributed by atoms with Crippen molar-refractivity contribution in [2.75, 3.05) is 11.9 Å². The van der Waals surface area contributed by atoms with Crippen LogP contribution in [0.25, 0.3) is 6.08 Å². The lowest BCUT2D eigenvalue weighted by Gasteiger charge is -2.04. The minimum absolute atomic E-state index is 0.177. The van der Waals surface area contributed by atoms with E-state index in [0.717, 1.165) is 12.1 Å². The van der Waals surface area contributed by atoms with Crippen LogP contribution in [0.4, 0.5) is 5.69 Å². The fraction of sp³-hybridized carbons (Fsp3) is 0.273. The maximum absolute atomic E-state index is 9.01. The zero-order chi connectivity index (χ0) is 9.26. The Bertz CT molecular complexity index is 333. The normalized spacial score (nSPS) is 19.3. The number of hydrogen-bond donors (Lipinski definition) is 2. The first-order valence-electron chi connectivity index (χ1n) is 4.47. The van der Waals surface area contributed by atoms with Gasteiger partial charge in [-0.1, -0.05) is 24.8 Å². The summed E-state index contributed by atoms with van der Waals surface area (Å²) in [6.07, 6.45) is 2.76. The highest BCUT2D eigenvalue weighted by Gasteiger charge is 2.20. The Kier molecular flexibility index (Phi) is 2.07. The molecular weight excluding hydrogens is 162 g/mol. The van der Waals surface area contributed by atoms with Gasteiger partial charge in [0.1, 0.15) is 0 Å². The van der Waals surface area contributed by atoms with Crippen LogP contribution in [0.2, 0.25) is 0 Å². The summed E-state index contributed by atoms with van der Waals surface area (Å²) in [7, 11) is 0. The highest BCUT2D eigenvalue weighted by Crippen LogP contribution is 2.29. The summed E-state index contributed by atoms with van der Waals surface area (Å²) in [5.74, 6) is 0. The summed E-state index contributed by atoms with van der Waals surface area (Å²) >= 11 is 0. The first-order chi connectivity index (χ1) is 6.35. The van der Waals surface area contributed by atoms with Crippen molar-refractivity contribution in [1.29, 1.82) is 0 Å². The molecule has 0 saturated heterocycles. The van der Waals surface area contributed by atoms with Crippen LogP contribution in [0.15, 0.2) is 24.8 Å². The molecule has 68 valence electrons. The molecule has 0 fully saturated rings. The molecule has 2 heteroatoms. The van der Waals surface area contributed by atoms with Gasteiger partial charge in [-0.25, -0.2) is 0 Å². The van der Waals surface area contributed by atoms with Crippen LogP contribution < -0.4 is 5.32 Å². The van der Waals surface area contributed by atoms with Gasteiger partial charge in [0.2, 0.25) is 0 Å². The zero-order valence-corrected chi connectivity index (χ0v) is 7.46. The van der Waals surface area contributed by atoms with Gasteiger partial charge in [-0.05, 0) is 23.6 Å². The quantitative estimate of drug-likeness (QED) is 0.716. The van der Waals surface area contributed by atoms with E-state index < -0.39 is 0 Å². The maximum atomic E-state index is 9.01. The Labute approximate surface area is 77.9 Å². The van der Waals surface area contributed by atoms with E-state index in [0.29, 0.717) is 0 Å².